The van der Waals surface area contributed by atoms with Crippen molar-refractivity contribution in [2.75, 3.05) is 19.4 Å². The number of aromatic nitrogens is 2. The van der Waals surface area contributed by atoms with Crippen LogP contribution >= 0.6 is 11.3 Å². The number of imidazole rings is 1. The summed E-state index contributed by atoms with van der Waals surface area (Å²) in [5, 5.41) is 4.63. The minimum Gasteiger partial charge on any atom is -0.326 e. The fourth-order valence-electron chi connectivity index (χ4n) is 3.24. The van der Waals surface area contributed by atoms with Crippen LogP contribution in [0.2, 0.25) is 0 Å². The van der Waals surface area contributed by atoms with E-state index < -0.39 is 10.0 Å². The molecule has 7 nitrogen and oxygen atoms in total. The first kappa shape index (κ1) is 22.1. The molecule has 0 aliphatic rings. The van der Waals surface area contributed by atoms with Crippen LogP contribution < -0.4 is 5.32 Å². The van der Waals surface area contributed by atoms with Gasteiger partial charge in [-0.3, -0.25) is 9.20 Å². The molecule has 0 fully saturated rings. The molecule has 166 valence electrons. The van der Waals surface area contributed by atoms with E-state index in [2.05, 4.69) is 10.3 Å². The van der Waals surface area contributed by atoms with Crippen molar-refractivity contribution in [2.45, 2.75) is 18.2 Å². The molecule has 32 heavy (non-hydrogen) atoms. The Morgan fingerprint density at radius 3 is 2.59 bits per heavy atom. The van der Waals surface area contributed by atoms with Crippen molar-refractivity contribution < 1.29 is 17.6 Å². The number of rotatable bonds is 6. The number of hydrogen-bond donors (Lipinski definition) is 1. The number of benzene rings is 2. The Morgan fingerprint density at radius 1 is 1.19 bits per heavy atom. The summed E-state index contributed by atoms with van der Waals surface area (Å²) >= 11 is 1.40. The van der Waals surface area contributed by atoms with Gasteiger partial charge in [0.15, 0.2) is 4.96 Å². The van der Waals surface area contributed by atoms with Gasteiger partial charge in [-0.1, -0.05) is 6.07 Å². The Bertz CT molecular complexity index is 1410. The third-order valence-electron chi connectivity index (χ3n) is 5.00. The summed E-state index contributed by atoms with van der Waals surface area (Å²) in [5.41, 5.74) is 3.23. The molecular formula is C22H21FN4O3S2. The molecule has 0 aliphatic heterocycles. The number of nitrogens with one attached hydrogen (secondary N) is 1. The van der Waals surface area contributed by atoms with E-state index in [0.717, 1.165) is 20.5 Å². The van der Waals surface area contributed by atoms with Gasteiger partial charge in [0, 0.05) is 42.6 Å². The summed E-state index contributed by atoms with van der Waals surface area (Å²) in [6, 6.07) is 10.9. The van der Waals surface area contributed by atoms with Crippen molar-refractivity contribution >= 4 is 37.9 Å². The minimum atomic E-state index is -3.62. The van der Waals surface area contributed by atoms with Gasteiger partial charge in [0.05, 0.1) is 17.0 Å². The van der Waals surface area contributed by atoms with Gasteiger partial charge in [-0.2, -0.15) is 0 Å². The predicted octanol–water partition coefficient (Wildman–Crippen LogP) is 3.94. The number of carbonyl (C=O) groups excluding carboxylic acids is 1. The lowest BCUT2D eigenvalue weighted by atomic mass is 10.2. The van der Waals surface area contributed by atoms with Gasteiger partial charge in [0.25, 0.3) is 0 Å². The van der Waals surface area contributed by atoms with E-state index in [-0.39, 0.29) is 23.0 Å². The van der Waals surface area contributed by atoms with Crippen LogP contribution in [0.5, 0.6) is 0 Å². The molecule has 0 spiro atoms. The fraction of sp³-hybridized carbons (Fsp3) is 0.182. The van der Waals surface area contributed by atoms with Gasteiger partial charge in [0.1, 0.15) is 5.82 Å². The van der Waals surface area contributed by atoms with Gasteiger partial charge in [0.2, 0.25) is 15.9 Å². The molecule has 2 heterocycles. The normalized spacial score (nSPS) is 11.9. The van der Waals surface area contributed by atoms with Crippen molar-refractivity contribution in [3.63, 3.8) is 0 Å². The molecule has 2 aromatic carbocycles. The number of anilines is 1. The maximum absolute atomic E-state index is 13.2. The highest BCUT2D eigenvalue weighted by Crippen LogP contribution is 2.25. The van der Waals surface area contributed by atoms with Crippen LogP contribution in [0.3, 0.4) is 0 Å². The standard InChI is InChI=1S/C22H21FN4O3S2/c1-14-4-9-17(10-20(14)32(29,30)26(2)3)24-21(28)11-18-13-31-22-25-19(12-27(18)22)15-5-7-16(23)8-6-15/h4-10,12-13H,11H2,1-3H3,(H,24,28). The highest BCUT2D eigenvalue weighted by Gasteiger charge is 2.21. The summed E-state index contributed by atoms with van der Waals surface area (Å²) in [7, 11) is -0.692. The molecule has 0 saturated carbocycles. The van der Waals surface area contributed by atoms with Gasteiger partial charge in [-0.25, -0.2) is 22.1 Å². The van der Waals surface area contributed by atoms with Crippen LogP contribution in [0.1, 0.15) is 11.3 Å². The lowest BCUT2D eigenvalue weighted by Crippen LogP contribution is -2.23. The molecule has 0 bridgehead atoms. The second-order valence-corrected chi connectivity index (χ2v) is 10.5. The molecule has 4 aromatic rings. The van der Waals surface area contributed by atoms with Crippen molar-refractivity contribution in [1.82, 2.24) is 13.7 Å². The number of carbonyl (C=O) groups is 1. The quantitative estimate of drug-likeness (QED) is 0.461. The number of amides is 1. The summed E-state index contributed by atoms with van der Waals surface area (Å²) < 4.78 is 41.2. The van der Waals surface area contributed by atoms with Gasteiger partial charge in [-0.15, -0.1) is 11.3 Å². The Balaban J connectivity index is 1.54. The first-order chi connectivity index (χ1) is 15.1. The summed E-state index contributed by atoms with van der Waals surface area (Å²) in [6.45, 7) is 1.71. The average Bonchev–Trinajstić information content (AvgIpc) is 3.32. The van der Waals surface area contributed by atoms with E-state index in [4.69, 9.17) is 0 Å². The Hall–Kier alpha value is -3.08. The topological polar surface area (TPSA) is 83.8 Å². The van der Waals surface area contributed by atoms with Crippen LogP contribution in [-0.4, -0.2) is 42.1 Å². The van der Waals surface area contributed by atoms with Gasteiger partial charge < -0.3 is 5.32 Å². The maximum atomic E-state index is 13.2. The second kappa shape index (κ2) is 8.45. The van der Waals surface area contributed by atoms with Crippen LogP contribution in [0.25, 0.3) is 16.2 Å². The number of aryl methyl sites for hydroxylation is 1. The number of fused-ring (bicyclic) bond motifs is 1. The molecule has 4 rings (SSSR count). The molecule has 0 saturated heterocycles. The predicted molar refractivity (Wildman–Crippen MR) is 123 cm³/mol. The zero-order valence-corrected chi connectivity index (χ0v) is 19.3. The minimum absolute atomic E-state index is 0.0862. The third-order valence-corrected chi connectivity index (χ3v) is 7.84. The molecular weight excluding hydrogens is 451 g/mol. The molecule has 2 aromatic heterocycles. The van der Waals surface area contributed by atoms with Crippen molar-refractivity contribution in [3.8, 4) is 11.3 Å². The number of nitrogens with zero attached hydrogens (tertiary/aromatic N) is 3. The smallest absolute Gasteiger partial charge is 0.242 e. The third kappa shape index (κ3) is 4.29. The maximum Gasteiger partial charge on any atom is 0.242 e. The first-order valence-corrected chi connectivity index (χ1v) is 12.0. The van der Waals surface area contributed by atoms with E-state index >= 15 is 0 Å². The molecule has 10 heteroatoms. The van der Waals surface area contributed by atoms with Crippen molar-refractivity contribution in [3.05, 3.63) is 71.1 Å². The van der Waals surface area contributed by atoms with Crippen LogP contribution in [0, 0.1) is 12.7 Å². The number of halogens is 1. The zero-order chi connectivity index (χ0) is 23.0. The summed E-state index contributed by atoms with van der Waals surface area (Å²) in [4.78, 5) is 18.1. The molecule has 0 unspecified atom stereocenters. The largest absolute Gasteiger partial charge is 0.326 e. The summed E-state index contributed by atoms with van der Waals surface area (Å²) in [5.74, 6) is -0.594. The lowest BCUT2D eigenvalue weighted by molar-refractivity contribution is -0.115. The van der Waals surface area contributed by atoms with Gasteiger partial charge in [-0.05, 0) is 48.9 Å². The SMILES string of the molecule is Cc1ccc(NC(=O)Cc2csc3nc(-c4ccc(F)cc4)cn23)cc1S(=O)(=O)N(C)C. The monoisotopic (exact) mass is 472 g/mol. The van der Waals surface area contributed by atoms with Crippen molar-refractivity contribution in [1.29, 1.82) is 0 Å². The molecule has 0 atom stereocenters. The first-order valence-electron chi connectivity index (χ1n) is 9.69. The van der Waals surface area contributed by atoms with E-state index in [1.54, 1.807) is 31.2 Å². The van der Waals surface area contributed by atoms with E-state index in [1.807, 2.05) is 16.0 Å². The zero-order valence-electron chi connectivity index (χ0n) is 17.7. The second-order valence-electron chi connectivity index (χ2n) is 7.51. The molecule has 1 amide bonds. The lowest BCUT2D eigenvalue weighted by Gasteiger charge is -2.15. The Kier molecular flexibility index (Phi) is 5.85. The molecule has 0 radical (unpaired) electrons. The molecule has 1 N–H and O–H groups in total. The molecule has 0 aliphatic carbocycles. The van der Waals surface area contributed by atoms with E-state index in [1.165, 1.54) is 43.6 Å². The fourth-order valence-corrected chi connectivity index (χ4v) is 5.26. The van der Waals surface area contributed by atoms with E-state index in [0.29, 0.717) is 16.9 Å². The number of hydrogen-bond acceptors (Lipinski definition) is 5. The van der Waals surface area contributed by atoms with E-state index in [9.17, 15) is 17.6 Å². The Labute approximate surface area is 189 Å². The highest BCUT2D eigenvalue weighted by molar-refractivity contribution is 7.89. The van der Waals surface area contributed by atoms with Crippen LogP contribution in [0.4, 0.5) is 10.1 Å². The van der Waals surface area contributed by atoms with Gasteiger partial charge >= 0.3 is 0 Å². The van der Waals surface area contributed by atoms with Crippen LogP contribution in [0.15, 0.2) is 58.9 Å². The highest BCUT2D eigenvalue weighted by atomic mass is 32.2. The van der Waals surface area contributed by atoms with Crippen LogP contribution in [-0.2, 0) is 21.2 Å². The summed E-state index contributed by atoms with van der Waals surface area (Å²) in [6.07, 6.45) is 1.90. The Morgan fingerprint density at radius 2 is 1.91 bits per heavy atom. The average molecular weight is 473 g/mol. The number of sulfonamides is 1. The van der Waals surface area contributed by atoms with Crippen molar-refractivity contribution in [2.24, 2.45) is 0 Å². The number of thiazole rings is 1.